The molecule has 0 fully saturated rings. The SMILES string of the molecule is Cc1cc(C)nc(SCc2ccc(C(=O)Nc3ccncc3)o2)n1. The minimum Gasteiger partial charge on any atom is -0.455 e. The van der Waals surface area contributed by atoms with E-state index in [1.165, 1.54) is 11.8 Å². The predicted octanol–water partition coefficient (Wildman–Crippen LogP) is 3.63. The van der Waals surface area contributed by atoms with E-state index in [1.807, 2.05) is 19.9 Å². The van der Waals surface area contributed by atoms with Gasteiger partial charge in [0, 0.05) is 29.5 Å². The van der Waals surface area contributed by atoms with Crippen LogP contribution in [0.1, 0.15) is 27.7 Å². The normalized spacial score (nSPS) is 10.6. The summed E-state index contributed by atoms with van der Waals surface area (Å²) < 4.78 is 5.60. The van der Waals surface area contributed by atoms with E-state index in [9.17, 15) is 4.79 Å². The molecule has 0 atom stereocenters. The number of carbonyl (C=O) groups excluding carboxylic acids is 1. The fraction of sp³-hybridized carbons (Fsp3) is 0.176. The van der Waals surface area contributed by atoms with E-state index in [0.717, 1.165) is 11.4 Å². The lowest BCUT2D eigenvalue weighted by atomic mass is 10.3. The van der Waals surface area contributed by atoms with E-state index in [4.69, 9.17) is 4.42 Å². The van der Waals surface area contributed by atoms with Crippen molar-refractivity contribution in [1.29, 1.82) is 0 Å². The van der Waals surface area contributed by atoms with Crippen LogP contribution in [-0.4, -0.2) is 20.9 Å². The summed E-state index contributed by atoms with van der Waals surface area (Å²) in [6, 6.07) is 8.81. The molecule has 3 aromatic rings. The molecule has 24 heavy (non-hydrogen) atoms. The van der Waals surface area contributed by atoms with Gasteiger partial charge in [-0.05, 0) is 44.2 Å². The molecule has 1 amide bonds. The first-order chi connectivity index (χ1) is 11.6. The van der Waals surface area contributed by atoms with Crippen LogP contribution >= 0.6 is 11.8 Å². The summed E-state index contributed by atoms with van der Waals surface area (Å²) in [5, 5.41) is 3.46. The maximum atomic E-state index is 12.1. The van der Waals surface area contributed by atoms with Crippen molar-refractivity contribution in [3.8, 4) is 0 Å². The van der Waals surface area contributed by atoms with Gasteiger partial charge in [0.2, 0.25) is 0 Å². The Kier molecular flexibility index (Phi) is 4.90. The molecular weight excluding hydrogens is 324 g/mol. The highest BCUT2D eigenvalue weighted by molar-refractivity contribution is 7.98. The highest BCUT2D eigenvalue weighted by Crippen LogP contribution is 2.21. The third kappa shape index (κ3) is 4.20. The standard InChI is InChI=1S/C17H16N4O2S/c1-11-9-12(2)20-17(19-11)24-10-14-3-4-15(23-14)16(22)21-13-5-7-18-8-6-13/h3-9H,10H2,1-2H3,(H,18,21,22). The number of rotatable bonds is 5. The summed E-state index contributed by atoms with van der Waals surface area (Å²) in [7, 11) is 0. The highest BCUT2D eigenvalue weighted by atomic mass is 32.2. The van der Waals surface area contributed by atoms with Crippen LogP contribution in [0.4, 0.5) is 5.69 Å². The number of nitrogens with one attached hydrogen (secondary N) is 1. The topological polar surface area (TPSA) is 80.9 Å². The average molecular weight is 340 g/mol. The van der Waals surface area contributed by atoms with E-state index in [2.05, 4.69) is 20.3 Å². The molecule has 3 rings (SSSR count). The molecule has 0 unspecified atom stereocenters. The third-order valence-electron chi connectivity index (χ3n) is 3.13. The molecular formula is C17H16N4O2S. The first-order valence-corrected chi connectivity index (χ1v) is 8.34. The Morgan fingerprint density at radius 2 is 1.83 bits per heavy atom. The summed E-state index contributed by atoms with van der Waals surface area (Å²) >= 11 is 1.47. The smallest absolute Gasteiger partial charge is 0.291 e. The van der Waals surface area contributed by atoms with E-state index in [0.29, 0.717) is 22.4 Å². The molecule has 0 aliphatic heterocycles. The minimum absolute atomic E-state index is 0.267. The summed E-state index contributed by atoms with van der Waals surface area (Å²) in [5.74, 6) is 1.23. The number of thioether (sulfide) groups is 1. The van der Waals surface area contributed by atoms with Crippen LogP contribution in [0.5, 0.6) is 0 Å². The Hall–Kier alpha value is -2.67. The summed E-state index contributed by atoms with van der Waals surface area (Å²) in [4.78, 5) is 24.8. The van der Waals surface area contributed by atoms with Crippen LogP contribution in [0.3, 0.4) is 0 Å². The van der Waals surface area contributed by atoms with Crippen molar-refractivity contribution in [3.05, 3.63) is 65.6 Å². The van der Waals surface area contributed by atoms with Crippen LogP contribution in [0.25, 0.3) is 0 Å². The first-order valence-electron chi connectivity index (χ1n) is 7.35. The van der Waals surface area contributed by atoms with Gasteiger partial charge in [-0.15, -0.1) is 0 Å². The second-order valence-corrected chi connectivity index (χ2v) is 6.12. The molecule has 0 aromatic carbocycles. The van der Waals surface area contributed by atoms with Crippen molar-refractivity contribution in [2.24, 2.45) is 0 Å². The zero-order chi connectivity index (χ0) is 16.9. The Balaban J connectivity index is 1.62. The number of furan rings is 1. The molecule has 0 aliphatic rings. The Morgan fingerprint density at radius 1 is 1.12 bits per heavy atom. The van der Waals surface area contributed by atoms with Gasteiger partial charge in [-0.2, -0.15) is 0 Å². The Bertz CT molecular complexity index is 829. The molecule has 3 heterocycles. The Labute approximate surface area is 143 Å². The van der Waals surface area contributed by atoms with E-state index >= 15 is 0 Å². The van der Waals surface area contributed by atoms with Gasteiger partial charge in [0.25, 0.3) is 5.91 Å². The molecule has 122 valence electrons. The van der Waals surface area contributed by atoms with Gasteiger partial charge in [0.05, 0.1) is 5.75 Å². The zero-order valence-corrected chi connectivity index (χ0v) is 14.1. The van der Waals surface area contributed by atoms with Gasteiger partial charge in [0.1, 0.15) is 5.76 Å². The maximum Gasteiger partial charge on any atom is 0.291 e. The number of anilines is 1. The van der Waals surface area contributed by atoms with Crippen molar-refractivity contribution in [1.82, 2.24) is 15.0 Å². The van der Waals surface area contributed by atoms with Crippen LogP contribution in [0.2, 0.25) is 0 Å². The average Bonchev–Trinajstić information content (AvgIpc) is 3.02. The maximum absolute atomic E-state index is 12.1. The van der Waals surface area contributed by atoms with Crippen molar-refractivity contribution in [2.75, 3.05) is 5.32 Å². The number of nitrogens with zero attached hydrogens (tertiary/aromatic N) is 3. The van der Waals surface area contributed by atoms with Gasteiger partial charge in [-0.1, -0.05) is 11.8 Å². The van der Waals surface area contributed by atoms with Gasteiger partial charge < -0.3 is 9.73 Å². The lowest BCUT2D eigenvalue weighted by Gasteiger charge is -2.02. The molecule has 0 spiro atoms. The van der Waals surface area contributed by atoms with E-state index < -0.39 is 0 Å². The van der Waals surface area contributed by atoms with E-state index in [-0.39, 0.29) is 11.7 Å². The number of aryl methyl sites for hydroxylation is 2. The molecule has 0 aliphatic carbocycles. The molecule has 6 nitrogen and oxygen atoms in total. The van der Waals surface area contributed by atoms with Crippen LogP contribution in [0, 0.1) is 13.8 Å². The molecule has 0 saturated heterocycles. The largest absolute Gasteiger partial charge is 0.455 e. The number of pyridine rings is 1. The highest BCUT2D eigenvalue weighted by Gasteiger charge is 2.12. The second-order valence-electron chi connectivity index (χ2n) is 5.18. The zero-order valence-electron chi connectivity index (χ0n) is 13.3. The van der Waals surface area contributed by atoms with Crippen molar-refractivity contribution in [3.63, 3.8) is 0 Å². The summed E-state index contributed by atoms with van der Waals surface area (Å²) in [5.41, 5.74) is 2.54. The van der Waals surface area contributed by atoms with Crippen molar-refractivity contribution in [2.45, 2.75) is 24.8 Å². The monoisotopic (exact) mass is 340 g/mol. The third-order valence-corrected chi connectivity index (χ3v) is 4.00. The molecule has 0 radical (unpaired) electrons. The van der Waals surface area contributed by atoms with Crippen LogP contribution in [0.15, 0.2) is 52.3 Å². The van der Waals surface area contributed by atoms with Gasteiger partial charge >= 0.3 is 0 Å². The van der Waals surface area contributed by atoms with Gasteiger partial charge in [-0.3, -0.25) is 9.78 Å². The van der Waals surface area contributed by atoms with Gasteiger partial charge in [0.15, 0.2) is 10.9 Å². The van der Waals surface area contributed by atoms with Gasteiger partial charge in [-0.25, -0.2) is 9.97 Å². The molecule has 0 saturated carbocycles. The summed E-state index contributed by atoms with van der Waals surface area (Å²) in [6.07, 6.45) is 3.23. The fourth-order valence-electron chi connectivity index (χ4n) is 2.10. The minimum atomic E-state index is -0.292. The lowest BCUT2D eigenvalue weighted by molar-refractivity contribution is 0.0995. The molecule has 1 N–H and O–H groups in total. The lowest BCUT2D eigenvalue weighted by Crippen LogP contribution is -2.10. The second kappa shape index (κ2) is 7.27. The molecule has 3 aromatic heterocycles. The van der Waals surface area contributed by atoms with Crippen molar-refractivity contribution >= 4 is 23.4 Å². The number of carbonyl (C=O) groups is 1. The number of amides is 1. The number of aromatic nitrogens is 3. The quantitative estimate of drug-likeness (QED) is 0.564. The van der Waals surface area contributed by atoms with Crippen molar-refractivity contribution < 1.29 is 9.21 Å². The number of hydrogen-bond donors (Lipinski definition) is 1. The number of hydrogen-bond acceptors (Lipinski definition) is 6. The Morgan fingerprint density at radius 3 is 2.54 bits per heavy atom. The molecule has 7 heteroatoms. The predicted molar refractivity (Wildman–Crippen MR) is 92.0 cm³/mol. The van der Waals surface area contributed by atoms with E-state index in [1.54, 1.807) is 36.7 Å². The van der Waals surface area contributed by atoms with Crippen LogP contribution in [-0.2, 0) is 5.75 Å². The van der Waals surface area contributed by atoms with Crippen LogP contribution < -0.4 is 5.32 Å². The first kappa shape index (κ1) is 16.2. The molecule has 0 bridgehead atoms. The fourth-order valence-corrected chi connectivity index (χ4v) is 2.94. The summed E-state index contributed by atoms with van der Waals surface area (Å²) in [6.45, 7) is 3.88.